The standard InChI is InChI=1S/C22H18N4O6S2/c1-12-5-4-6-14(9-12)20(28)32-16-8-7-13(11-17(16)31-2)10-15-18(23)26-21(24-19(15)27)33-22(25-26)34(3,29)30/h4-11,23H,1-3H3/b15-10+,23-18?. The van der Waals surface area contributed by atoms with Crippen molar-refractivity contribution in [3.63, 3.8) is 0 Å². The number of sulfone groups is 1. The summed E-state index contributed by atoms with van der Waals surface area (Å²) >= 11 is 0.711. The molecular formula is C22H18N4O6S2. The van der Waals surface area contributed by atoms with Crippen molar-refractivity contribution in [2.75, 3.05) is 13.4 Å². The number of nitrogens with one attached hydrogen (secondary N) is 1. The topological polar surface area (TPSA) is 139 Å². The van der Waals surface area contributed by atoms with Crippen LogP contribution in [0, 0.1) is 12.3 Å². The first-order chi connectivity index (χ1) is 16.1. The lowest BCUT2D eigenvalue weighted by Gasteiger charge is -2.20. The third-order valence-corrected chi connectivity index (χ3v) is 7.29. The summed E-state index contributed by atoms with van der Waals surface area (Å²) in [6, 6.07) is 11.6. The normalized spacial score (nSPS) is 16.8. The number of fused-ring (bicyclic) bond motifs is 1. The molecule has 0 bridgehead atoms. The summed E-state index contributed by atoms with van der Waals surface area (Å²) in [6.07, 6.45) is 2.39. The molecule has 174 valence electrons. The lowest BCUT2D eigenvalue weighted by atomic mass is 10.1. The molecule has 4 rings (SSSR count). The van der Waals surface area contributed by atoms with Crippen molar-refractivity contribution in [1.29, 1.82) is 5.41 Å². The van der Waals surface area contributed by atoms with Gasteiger partial charge < -0.3 is 9.47 Å². The van der Waals surface area contributed by atoms with Crippen molar-refractivity contribution in [2.24, 2.45) is 10.1 Å². The molecule has 0 aliphatic carbocycles. The molecule has 0 fully saturated rings. The number of hydrogen-bond donors (Lipinski definition) is 1. The van der Waals surface area contributed by atoms with Crippen LogP contribution in [0.4, 0.5) is 0 Å². The Bertz CT molecular complexity index is 1440. The lowest BCUT2D eigenvalue weighted by molar-refractivity contribution is -0.114. The van der Waals surface area contributed by atoms with Gasteiger partial charge in [-0.3, -0.25) is 10.2 Å². The summed E-state index contributed by atoms with van der Waals surface area (Å²) in [5.74, 6) is -1.15. The Balaban J connectivity index is 1.61. The number of carbonyl (C=O) groups excluding carboxylic acids is 2. The van der Waals surface area contributed by atoms with E-state index in [4.69, 9.17) is 14.9 Å². The summed E-state index contributed by atoms with van der Waals surface area (Å²) in [4.78, 5) is 28.9. The molecule has 10 nitrogen and oxygen atoms in total. The van der Waals surface area contributed by atoms with E-state index in [1.807, 2.05) is 13.0 Å². The molecule has 0 saturated carbocycles. The number of hydrogen-bond acceptors (Lipinski definition) is 9. The van der Waals surface area contributed by atoms with Crippen LogP contribution in [0.15, 0.2) is 58.1 Å². The predicted molar refractivity (Wildman–Crippen MR) is 129 cm³/mol. The molecule has 0 saturated heterocycles. The van der Waals surface area contributed by atoms with Crippen LogP contribution in [0.3, 0.4) is 0 Å². The Morgan fingerprint density at radius 2 is 1.94 bits per heavy atom. The molecule has 0 atom stereocenters. The smallest absolute Gasteiger partial charge is 0.343 e. The van der Waals surface area contributed by atoms with Crippen LogP contribution in [-0.2, 0) is 14.6 Å². The molecule has 2 heterocycles. The Labute approximate surface area is 199 Å². The first-order valence-corrected chi connectivity index (χ1v) is 12.4. The second-order valence-electron chi connectivity index (χ2n) is 7.33. The maximum absolute atomic E-state index is 12.5. The molecule has 2 aliphatic rings. The van der Waals surface area contributed by atoms with E-state index in [9.17, 15) is 18.0 Å². The van der Waals surface area contributed by atoms with E-state index < -0.39 is 21.7 Å². The second kappa shape index (κ2) is 8.88. The van der Waals surface area contributed by atoms with Crippen LogP contribution in [0.2, 0.25) is 0 Å². The zero-order valence-electron chi connectivity index (χ0n) is 18.2. The maximum atomic E-state index is 12.5. The highest BCUT2D eigenvalue weighted by Crippen LogP contribution is 2.32. The molecule has 0 aromatic heterocycles. The number of thioether (sulfide) groups is 1. The molecule has 0 unspecified atom stereocenters. The highest BCUT2D eigenvalue weighted by Gasteiger charge is 2.38. The fourth-order valence-corrected chi connectivity index (χ4v) is 4.77. The third kappa shape index (κ3) is 4.63. The van der Waals surface area contributed by atoms with Gasteiger partial charge in [0.05, 0.1) is 18.2 Å². The largest absolute Gasteiger partial charge is 0.493 e. The number of methoxy groups -OCH3 is 1. The molecule has 34 heavy (non-hydrogen) atoms. The van der Waals surface area contributed by atoms with E-state index >= 15 is 0 Å². The number of esters is 1. The van der Waals surface area contributed by atoms with Crippen molar-refractivity contribution in [3.05, 3.63) is 64.7 Å². The number of carbonyl (C=O) groups is 2. The van der Waals surface area contributed by atoms with Crippen LogP contribution < -0.4 is 9.47 Å². The molecule has 0 radical (unpaired) electrons. The van der Waals surface area contributed by atoms with E-state index in [-0.39, 0.29) is 32.5 Å². The quantitative estimate of drug-likeness (QED) is 0.386. The zero-order chi connectivity index (χ0) is 24.6. The number of amides is 1. The van der Waals surface area contributed by atoms with E-state index in [2.05, 4.69) is 10.1 Å². The number of ether oxygens (including phenoxy) is 2. The minimum Gasteiger partial charge on any atom is -0.493 e. The van der Waals surface area contributed by atoms with Gasteiger partial charge in [0.2, 0.25) is 19.4 Å². The van der Waals surface area contributed by atoms with Crippen LogP contribution in [0.5, 0.6) is 11.5 Å². The van der Waals surface area contributed by atoms with Gasteiger partial charge >= 0.3 is 5.97 Å². The summed E-state index contributed by atoms with van der Waals surface area (Å²) in [5, 5.41) is 13.2. The fourth-order valence-electron chi connectivity index (χ4n) is 3.08. The van der Waals surface area contributed by atoms with E-state index in [1.54, 1.807) is 24.3 Å². The number of amidine groups is 2. The van der Waals surface area contributed by atoms with Gasteiger partial charge in [-0.1, -0.05) is 23.8 Å². The molecule has 2 aromatic rings. The Kier molecular flexibility index (Phi) is 6.11. The van der Waals surface area contributed by atoms with Gasteiger partial charge in [-0.15, -0.1) is 5.10 Å². The van der Waals surface area contributed by atoms with E-state index in [0.29, 0.717) is 22.9 Å². The van der Waals surface area contributed by atoms with Gasteiger partial charge in [0.1, 0.15) is 0 Å². The van der Waals surface area contributed by atoms with Gasteiger partial charge in [0, 0.05) is 6.26 Å². The summed E-state index contributed by atoms with van der Waals surface area (Å²) in [6.45, 7) is 1.87. The number of nitrogens with zero attached hydrogens (tertiary/aromatic N) is 3. The molecular weight excluding hydrogens is 480 g/mol. The Morgan fingerprint density at radius 3 is 2.62 bits per heavy atom. The number of rotatable bonds is 4. The van der Waals surface area contributed by atoms with Gasteiger partial charge in [0.25, 0.3) is 5.91 Å². The minimum absolute atomic E-state index is 0.00330. The van der Waals surface area contributed by atoms with Crippen molar-refractivity contribution >= 4 is 54.9 Å². The van der Waals surface area contributed by atoms with Gasteiger partial charge in [-0.2, -0.15) is 10.0 Å². The van der Waals surface area contributed by atoms with Crippen LogP contribution >= 0.6 is 11.8 Å². The number of aliphatic imine (C=N–C) groups is 1. The molecule has 0 spiro atoms. The first-order valence-electron chi connectivity index (χ1n) is 9.74. The molecule has 12 heteroatoms. The van der Waals surface area contributed by atoms with Crippen molar-refractivity contribution in [2.45, 2.75) is 6.92 Å². The van der Waals surface area contributed by atoms with Gasteiger partial charge in [0.15, 0.2) is 17.3 Å². The van der Waals surface area contributed by atoms with Crippen LogP contribution in [-0.4, -0.2) is 54.0 Å². The highest BCUT2D eigenvalue weighted by molar-refractivity contribution is 8.42. The number of benzene rings is 2. The predicted octanol–water partition coefficient (Wildman–Crippen LogP) is 2.84. The minimum atomic E-state index is -3.62. The Hall–Kier alpha value is -3.77. The SMILES string of the molecule is COc1cc(/C=C2\C(=N)N3N=C(S(C)(=O)=O)SC3=NC2=O)ccc1OC(=O)c1cccc(C)c1. The van der Waals surface area contributed by atoms with Gasteiger partial charge in [-0.05, 0) is 54.6 Å². The van der Waals surface area contributed by atoms with Crippen LogP contribution in [0.1, 0.15) is 21.5 Å². The Morgan fingerprint density at radius 1 is 1.18 bits per heavy atom. The number of hydrazone groups is 1. The van der Waals surface area contributed by atoms with Crippen molar-refractivity contribution in [1.82, 2.24) is 5.01 Å². The molecule has 2 aliphatic heterocycles. The fraction of sp³-hybridized carbons (Fsp3) is 0.136. The van der Waals surface area contributed by atoms with E-state index in [0.717, 1.165) is 16.8 Å². The average molecular weight is 499 g/mol. The van der Waals surface area contributed by atoms with Crippen molar-refractivity contribution < 1.29 is 27.5 Å². The van der Waals surface area contributed by atoms with E-state index in [1.165, 1.54) is 25.3 Å². The summed E-state index contributed by atoms with van der Waals surface area (Å²) in [7, 11) is -2.21. The summed E-state index contributed by atoms with van der Waals surface area (Å²) in [5.41, 5.74) is 1.69. The zero-order valence-corrected chi connectivity index (χ0v) is 19.9. The monoisotopic (exact) mass is 498 g/mol. The number of aryl methyl sites for hydroxylation is 1. The first kappa shape index (κ1) is 23.4. The van der Waals surface area contributed by atoms with Gasteiger partial charge in [-0.25, -0.2) is 13.2 Å². The average Bonchev–Trinajstić information content (AvgIpc) is 3.22. The lowest BCUT2D eigenvalue weighted by Crippen LogP contribution is -2.35. The third-order valence-electron chi connectivity index (χ3n) is 4.71. The molecule has 1 amide bonds. The highest BCUT2D eigenvalue weighted by atomic mass is 32.3. The molecule has 2 aromatic carbocycles. The van der Waals surface area contributed by atoms with Crippen LogP contribution in [0.25, 0.3) is 6.08 Å². The molecule has 1 N–H and O–H groups in total. The second-order valence-corrected chi connectivity index (χ2v) is 10.5. The summed E-state index contributed by atoms with van der Waals surface area (Å²) < 4.78 is 34.1. The maximum Gasteiger partial charge on any atom is 0.343 e. The van der Waals surface area contributed by atoms with Crippen molar-refractivity contribution in [3.8, 4) is 11.5 Å².